The molecule has 0 amide bonds. The van der Waals surface area contributed by atoms with Crippen LogP contribution in [0.15, 0.2) is 73.1 Å². The minimum atomic E-state index is -0.271. The predicted molar refractivity (Wildman–Crippen MR) is 112 cm³/mol. The van der Waals surface area contributed by atoms with E-state index < -0.39 is 0 Å². The van der Waals surface area contributed by atoms with Crippen LogP contribution in [0.5, 0.6) is 0 Å². The molecular formula is C23H21FN4O. The number of hydrogen-bond donors (Lipinski definition) is 3. The Morgan fingerprint density at radius 2 is 1.76 bits per heavy atom. The average Bonchev–Trinajstić information content (AvgIpc) is 3.24. The van der Waals surface area contributed by atoms with Gasteiger partial charge in [0, 0.05) is 29.6 Å². The van der Waals surface area contributed by atoms with Crippen LogP contribution in [0.2, 0.25) is 0 Å². The second-order valence-corrected chi connectivity index (χ2v) is 6.74. The predicted octanol–water partition coefficient (Wildman–Crippen LogP) is 4.95. The molecule has 0 atom stereocenters. The van der Waals surface area contributed by atoms with Crippen LogP contribution in [0.3, 0.4) is 0 Å². The van der Waals surface area contributed by atoms with Gasteiger partial charge in [0.15, 0.2) is 0 Å². The van der Waals surface area contributed by atoms with Gasteiger partial charge in [-0.2, -0.15) is 5.10 Å². The highest BCUT2D eigenvalue weighted by molar-refractivity contribution is 5.81. The van der Waals surface area contributed by atoms with E-state index in [-0.39, 0.29) is 12.4 Å². The number of rotatable bonds is 7. The Labute approximate surface area is 168 Å². The molecule has 0 aliphatic rings. The van der Waals surface area contributed by atoms with Gasteiger partial charge in [0.1, 0.15) is 11.6 Å². The third-order valence-corrected chi connectivity index (χ3v) is 4.69. The summed E-state index contributed by atoms with van der Waals surface area (Å²) in [4.78, 5) is 4.41. The van der Waals surface area contributed by atoms with Gasteiger partial charge in [0.25, 0.3) is 0 Å². The monoisotopic (exact) mass is 388 g/mol. The number of nitrogens with zero attached hydrogens (tertiary/aromatic N) is 2. The van der Waals surface area contributed by atoms with Crippen LogP contribution in [0.25, 0.3) is 22.4 Å². The lowest BCUT2D eigenvalue weighted by atomic mass is 10.0. The fourth-order valence-electron chi connectivity index (χ4n) is 3.19. The van der Waals surface area contributed by atoms with Gasteiger partial charge in [-0.1, -0.05) is 12.1 Å². The summed E-state index contributed by atoms with van der Waals surface area (Å²) < 4.78 is 13.2. The summed E-state index contributed by atoms with van der Waals surface area (Å²) in [5, 5.41) is 19.4. The van der Waals surface area contributed by atoms with Crippen LogP contribution in [0.1, 0.15) is 12.0 Å². The summed E-state index contributed by atoms with van der Waals surface area (Å²) in [6.07, 6.45) is 5.12. The Morgan fingerprint density at radius 1 is 0.966 bits per heavy atom. The normalized spacial score (nSPS) is 10.8. The third-order valence-electron chi connectivity index (χ3n) is 4.69. The molecule has 5 nitrogen and oxygen atoms in total. The highest BCUT2D eigenvalue weighted by Gasteiger charge is 2.11. The van der Waals surface area contributed by atoms with E-state index in [2.05, 4.69) is 20.5 Å². The summed E-state index contributed by atoms with van der Waals surface area (Å²) in [6.45, 7) is 0.199. The Hall–Kier alpha value is -3.51. The number of hydrogen-bond acceptors (Lipinski definition) is 4. The van der Waals surface area contributed by atoms with E-state index in [1.54, 1.807) is 24.5 Å². The van der Waals surface area contributed by atoms with Crippen molar-refractivity contribution in [3.63, 3.8) is 0 Å². The van der Waals surface area contributed by atoms with Crippen molar-refractivity contribution in [2.45, 2.75) is 12.8 Å². The molecule has 0 spiro atoms. The molecular weight excluding hydrogens is 367 g/mol. The summed E-state index contributed by atoms with van der Waals surface area (Å²) >= 11 is 0. The summed E-state index contributed by atoms with van der Waals surface area (Å²) in [5.41, 5.74) is 5.69. The Morgan fingerprint density at radius 3 is 2.52 bits per heavy atom. The molecule has 6 heteroatoms. The Bertz CT molecular complexity index is 1070. The first-order valence-corrected chi connectivity index (χ1v) is 9.45. The number of benzene rings is 2. The molecule has 0 unspecified atom stereocenters. The van der Waals surface area contributed by atoms with Crippen molar-refractivity contribution in [2.24, 2.45) is 0 Å². The van der Waals surface area contributed by atoms with Crippen LogP contribution in [0, 0.1) is 5.82 Å². The number of aromatic nitrogens is 3. The first-order valence-electron chi connectivity index (χ1n) is 9.45. The smallest absolute Gasteiger partial charge is 0.130 e. The lowest BCUT2D eigenvalue weighted by Gasteiger charge is -2.09. The van der Waals surface area contributed by atoms with Crippen LogP contribution < -0.4 is 5.32 Å². The van der Waals surface area contributed by atoms with E-state index in [0.29, 0.717) is 0 Å². The van der Waals surface area contributed by atoms with Crippen molar-refractivity contribution >= 4 is 11.5 Å². The van der Waals surface area contributed by atoms with E-state index in [1.165, 1.54) is 17.7 Å². The molecule has 2 heterocycles. The van der Waals surface area contributed by atoms with E-state index in [1.807, 2.05) is 36.4 Å². The number of H-pyrrole nitrogens is 1. The zero-order chi connectivity index (χ0) is 20.1. The first kappa shape index (κ1) is 18.8. The second kappa shape index (κ2) is 8.67. The topological polar surface area (TPSA) is 73.8 Å². The fraction of sp³-hybridized carbons (Fsp3) is 0.130. The van der Waals surface area contributed by atoms with Gasteiger partial charge in [-0.25, -0.2) is 9.37 Å². The van der Waals surface area contributed by atoms with Crippen LogP contribution >= 0.6 is 0 Å². The molecule has 2 aromatic heterocycles. The van der Waals surface area contributed by atoms with Crippen LogP contribution in [-0.2, 0) is 6.42 Å². The van der Waals surface area contributed by atoms with Gasteiger partial charge < -0.3 is 10.4 Å². The Kier molecular flexibility index (Phi) is 5.63. The second-order valence-electron chi connectivity index (χ2n) is 6.74. The molecule has 0 saturated carbocycles. The van der Waals surface area contributed by atoms with Crippen molar-refractivity contribution in [3.8, 4) is 22.4 Å². The first-order chi connectivity index (χ1) is 14.2. The lowest BCUT2D eigenvalue weighted by Crippen LogP contribution is -1.95. The number of aliphatic hydroxyl groups is 1. The number of nitrogens with one attached hydrogen (secondary N) is 2. The van der Waals surface area contributed by atoms with E-state index in [4.69, 9.17) is 5.11 Å². The van der Waals surface area contributed by atoms with E-state index in [9.17, 15) is 4.39 Å². The standard InChI is InChI=1S/C23H21FN4O/c24-19-7-5-17(6-8-19)23-21(15-26-28-23)18-11-12-25-22(14-18)27-20-9-3-16(4-10-20)2-1-13-29/h3-12,14-15,29H,1-2,13H2,(H,25,27)(H,26,28). The maximum atomic E-state index is 13.2. The number of anilines is 2. The maximum Gasteiger partial charge on any atom is 0.130 e. The largest absolute Gasteiger partial charge is 0.396 e. The van der Waals surface area contributed by atoms with Crippen molar-refractivity contribution in [1.29, 1.82) is 0 Å². The lowest BCUT2D eigenvalue weighted by molar-refractivity contribution is 0.288. The number of aromatic amines is 1. The third kappa shape index (κ3) is 4.50. The number of pyridine rings is 1. The number of aryl methyl sites for hydroxylation is 1. The van der Waals surface area contributed by atoms with Gasteiger partial charge in [0.05, 0.1) is 11.9 Å². The van der Waals surface area contributed by atoms with E-state index in [0.717, 1.165) is 46.7 Å². The van der Waals surface area contributed by atoms with Crippen molar-refractivity contribution in [3.05, 3.63) is 84.4 Å². The highest BCUT2D eigenvalue weighted by atomic mass is 19.1. The van der Waals surface area contributed by atoms with Gasteiger partial charge in [-0.3, -0.25) is 5.10 Å². The van der Waals surface area contributed by atoms with Crippen LogP contribution in [0.4, 0.5) is 15.9 Å². The zero-order valence-electron chi connectivity index (χ0n) is 15.8. The van der Waals surface area contributed by atoms with Crippen LogP contribution in [-0.4, -0.2) is 26.9 Å². The molecule has 146 valence electrons. The maximum absolute atomic E-state index is 13.2. The van der Waals surface area contributed by atoms with E-state index >= 15 is 0 Å². The minimum Gasteiger partial charge on any atom is -0.396 e. The molecule has 0 bridgehead atoms. The van der Waals surface area contributed by atoms with Crippen molar-refractivity contribution in [1.82, 2.24) is 15.2 Å². The molecule has 29 heavy (non-hydrogen) atoms. The Balaban J connectivity index is 1.55. The summed E-state index contributed by atoms with van der Waals surface area (Å²) in [5.74, 6) is 0.449. The van der Waals surface area contributed by atoms with Crippen molar-refractivity contribution < 1.29 is 9.50 Å². The molecule has 4 aromatic rings. The molecule has 4 rings (SSSR count). The minimum absolute atomic E-state index is 0.199. The molecule has 0 aliphatic carbocycles. The SMILES string of the molecule is OCCCc1ccc(Nc2cc(-c3cn[nH]c3-c3ccc(F)cc3)ccn2)cc1. The molecule has 2 aromatic carbocycles. The summed E-state index contributed by atoms with van der Waals surface area (Å²) in [7, 11) is 0. The van der Waals surface area contributed by atoms with Gasteiger partial charge in [-0.05, 0) is 72.5 Å². The fourth-order valence-corrected chi connectivity index (χ4v) is 3.19. The highest BCUT2D eigenvalue weighted by Crippen LogP contribution is 2.31. The number of halogens is 1. The number of aliphatic hydroxyl groups excluding tert-OH is 1. The molecule has 0 fully saturated rings. The molecule has 3 N–H and O–H groups in total. The van der Waals surface area contributed by atoms with Gasteiger partial charge in [0.2, 0.25) is 0 Å². The quantitative estimate of drug-likeness (QED) is 0.419. The zero-order valence-corrected chi connectivity index (χ0v) is 15.8. The average molecular weight is 388 g/mol. The molecule has 0 aliphatic heterocycles. The van der Waals surface area contributed by atoms with Gasteiger partial charge in [-0.15, -0.1) is 0 Å². The molecule has 0 saturated heterocycles. The summed E-state index contributed by atoms with van der Waals surface area (Å²) in [6, 6.07) is 18.3. The molecule has 0 radical (unpaired) electrons. The van der Waals surface area contributed by atoms with Crippen molar-refractivity contribution in [2.75, 3.05) is 11.9 Å². The van der Waals surface area contributed by atoms with Gasteiger partial charge >= 0.3 is 0 Å².